The van der Waals surface area contributed by atoms with Crippen molar-refractivity contribution in [1.29, 1.82) is 0 Å². The first-order chi connectivity index (χ1) is 14.4. The predicted octanol–water partition coefficient (Wildman–Crippen LogP) is 3.80. The molecule has 2 aromatic rings. The summed E-state index contributed by atoms with van der Waals surface area (Å²) in [5.41, 5.74) is 4.41. The standard InChI is InChI=1S/C23H27N3O3S/c1-24-22-13-19(14-25-15-20-5-3-4-6-21(20)16-25)7-8-23(22)29-17-18-9-11-26(12-10-18)30(2,27)28/h3-8,13,18H,9-12,14-17H2,2H3. The third-order valence-electron chi connectivity index (χ3n) is 5.97. The van der Waals surface area contributed by atoms with E-state index < -0.39 is 10.0 Å². The molecule has 1 fully saturated rings. The molecule has 0 radical (unpaired) electrons. The molecule has 0 aromatic heterocycles. The second-order valence-electron chi connectivity index (χ2n) is 8.24. The van der Waals surface area contributed by atoms with Gasteiger partial charge in [-0.2, -0.15) is 0 Å². The summed E-state index contributed by atoms with van der Waals surface area (Å²) in [5, 5.41) is 0. The van der Waals surface area contributed by atoms with Crippen LogP contribution in [0.2, 0.25) is 0 Å². The Kier molecular flexibility index (Phi) is 6.09. The van der Waals surface area contributed by atoms with Crippen molar-refractivity contribution in [2.45, 2.75) is 32.5 Å². The summed E-state index contributed by atoms with van der Waals surface area (Å²) in [6, 6.07) is 14.4. The number of nitrogens with zero attached hydrogens (tertiary/aromatic N) is 3. The molecule has 0 amide bonds. The molecule has 0 saturated carbocycles. The maximum atomic E-state index is 11.6. The lowest BCUT2D eigenvalue weighted by molar-refractivity contribution is 0.186. The van der Waals surface area contributed by atoms with Gasteiger partial charge in [0, 0.05) is 32.7 Å². The van der Waals surface area contributed by atoms with Crippen molar-refractivity contribution in [3.63, 3.8) is 0 Å². The van der Waals surface area contributed by atoms with Crippen LogP contribution in [0.3, 0.4) is 0 Å². The van der Waals surface area contributed by atoms with Gasteiger partial charge in [-0.15, -0.1) is 0 Å². The molecule has 2 heterocycles. The Labute approximate surface area is 178 Å². The second-order valence-corrected chi connectivity index (χ2v) is 10.2. The van der Waals surface area contributed by atoms with Gasteiger partial charge in [0.2, 0.25) is 15.7 Å². The van der Waals surface area contributed by atoms with E-state index >= 15 is 0 Å². The highest BCUT2D eigenvalue weighted by Gasteiger charge is 2.25. The van der Waals surface area contributed by atoms with Crippen molar-refractivity contribution in [2.24, 2.45) is 5.92 Å². The van der Waals surface area contributed by atoms with Crippen LogP contribution in [0.25, 0.3) is 4.85 Å². The van der Waals surface area contributed by atoms with E-state index in [2.05, 4.69) is 34.0 Å². The van der Waals surface area contributed by atoms with Gasteiger partial charge in [0.1, 0.15) is 5.75 Å². The van der Waals surface area contributed by atoms with E-state index in [-0.39, 0.29) is 0 Å². The fourth-order valence-corrected chi connectivity index (χ4v) is 5.13. The van der Waals surface area contributed by atoms with Gasteiger partial charge in [0.05, 0.1) is 19.4 Å². The normalized spacial score (nSPS) is 18.1. The van der Waals surface area contributed by atoms with Crippen LogP contribution < -0.4 is 4.74 Å². The van der Waals surface area contributed by atoms with E-state index in [0.29, 0.717) is 37.1 Å². The summed E-state index contributed by atoms with van der Waals surface area (Å²) in [4.78, 5) is 6.05. The Balaban J connectivity index is 1.33. The van der Waals surface area contributed by atoms with Gasteiger partial charge in [-0.3, -0.25) is 4.90 Å². The molecule has 0 aliphatic carbocycles. The maximum Gasteiger partial charge on any atom is 0.228 e. The van der Waals surface area contributed by atoms with Crippen LogP contribution in [-0.4, -0.2) is 43.6 Å². The number of piperidine rings is 1. The Morgan fingerprint density at radius 1 is 1.10 bits per heavy atom. The highest BCUT2D eigenvalue weighted by molar-refractivity contribution is 7.88. The van der Waals surface area contributed by atoms with Gasteiger partial charge < -0.3 is 4.74 Å². The van der Waals surface area contributed by atoms with Crippen LogP contribution in [-0.2, 0) is 29.7 Å². The number of benzene rings is 2. The molecule has 1 saturated heterocycles. The van der Waals surface area contributed by atoms with Crippen LogP contribution in [0.15, 0.2) is 42.5 Å². The molecule has 0 spiro atoms. The molecular formula is C23H27N3O3S. The average Bonchev–Trinajstić information content (AvgIpc) is 3.14. The molecule has 0 unspecified atom stereocenters. The predicted molar refractivity (Wildman–Crippen MR) is 117 cm³/mol. The lowest BCUT2D eigenvalue weighted by atomic mass is 9.99. The maximum absolute atomic E-state index is 11.6. The van der Waals surface area contributed by atoms with Crippen LogP contribution in [0.5, 0.6) is 5.75 Å². The van der Waals surface area contributed by atoms with E-state index in [4.69, 9.17) is 11.3 Å². The Hall–Kier alpha value is -2.40. The van der Waals surface area contributed by atoms with Crippen molar-refractivity contribution < 1.29 is 13.2 Å². The van der Waals surface area contributed by atoms with Crippen molar-refractivity contribution in [3.05, 3.63) is 70.6 Å². The minimum atomic E-state index is -3.11. The van der Waals surface area contributed by atoms with Gasteiger partial charge in [-0.1, -0.05) is 30.3 Å². The van der Waals surface area contributed by atoms with Crippen molar-refractivity contribution >= 4 is 15.7 Å². The van der Waals surface area contributed by atoms with Crippen molar-refractivity contribution in [2.75, 3.05) is 26.0 Å². The second kappa shape index (κ2) is 8.76. The van der Waals surface area contributed by atoms with E-state index in [1.807, 2.05) is 18.2 Å². The number of sulfonamides is 1. The summed E-state index contributed by atoms with van der Waals surface area (Å²) in [6.45, 7) is 11.8. The molecule has 2 aromatic carbocycles. The molecule has 2 aliphatic rings. The molecule has 4 rings (SSSR count). The Morgan fingerprint density at radius 3 is 2.37 bits per heavy atom. The number of rotatable bonds is 6. The van der Waals surface area contributed by atoms with Gasteiger partial charge in [-0.05, 0) is 47.6 Å². The third kappa shape index (κ3) is 4.84. The first kappa shape index (κ1) is 20.9. The minimum absolute atomic E-state index is 0.310. The Bertz CT molecular complexity index is 1030. The quantitative estimate of drug-likeness (QED) is 0.661. The number of hydrogen-bond acceptors (Lipinski definition) is 4. The molecule has 30 heavy (non-hydrogen) atoms. The smallest absolute Gasteiger partial charge is 0.228 e. The fourth-order valence-electron chi connectivity index (χ4n) is 4.26. The van der Waals surface area contributed by atoms with Gasteiger partial charge in [-0.25, -0.2) is 17.6 Å². The molecule has 0 atom stereocenters. The monoisotopic (exact) mass is 425 g/mol. The van der Waals surface area contributed by atoms with E-state index in [9.17, 15) is 8.42 Å². The molecular weight excluding hydrogens is 398 g/mol. The molecule has 2 aliphatic heterocycles. The minimum Gasteiger partial charge on any atom is -0.504 e. The summed E-state index contributed by atoms with van der Waals surface area (Å²) >= 11 is 0. The number of fused-ring (bicyclic) bond motifs is 1. The Morgan fingerprint density at radius 2 is 1.77 bits per heavy atom. The molecule has 6 nitrogen and oxygen atoms in total. The van der Waals surface area contributed by atoms with Crippen LogP contribution >= 0.6 is 0 Å². The first-order valence-corrected chi connectivity index (χ1v) is 12.1. The van der Waals surface area contributed by atoms with E-state index in [0.717, 1.165) is 38.0 Å². The summed E-state index contributed by atoms with van der Waals surface area (Å²) in [5.74, 6) is 0.924. The fraction of sp³-hybridized carbons (Fsp3) is 0.435. The van der Waals surface area contributed by atoms with Gasteiger partial charge in [0.15, 0.2) is 0 Å². The number of ether oxygens (including phenoxy) is 1. The zero-order valence-corrected chi connectivity index (χ0v) is 18.1. The molecule has 0 bridgehead atoms. The lowest BCUT2D eigenvalue weighted by Crippen LogP contribution is -2.39. The SMILES string of the molecule is [C-]#[N+]c1cc(CN2Cc3ccccc3C2)ccc1OCC1CCN(S(C)(=O)=O)CC1. The largest absolute Gasteiger partial charge is 0.504 e. The van der Waals surface area contributed by atoms with Gasteiger partial charge in [0.25, 0.3) is 0 Å². The lowest BCUT2D eigenvalue weighted by Gasteiger charge is -2.30. The topological polar surface area (TPSA) is 54.2 Å². The zero-order chi connectivity index (χ0) is 21.1. The van der Waals surface area contributed by atoms with Crippen LogP contribution in [0.4, 0.5) is 5.69 Å². The number of hydrogen-bond donors (Lipinski definition) is 0. The van der Waals surface area contributed by atoms with Crippen molar-refractivity contribution in [3.8, 4) is 5.75 Å². The summed E-state index contributed by atoms with van der Waals surface area (Å²) in [6.07, 6.45) is 2.83. The van der Waals surface area contributed by atoms with Crippen LogP contribution in [0, 0.1) is 12.5 Å². The molecule has 7 heteroatoms. The van der Waals surface area contributed by atoms with E-state index in [1.54, 1.807) is 0 Å². The molecule has 0 N–H and O–H groups in total. The molecule has 158 valence electrons. The first-order valence-electron chi connectivity index (χ1n) is 10.3. The van der Waals surface area contributed by atoms with Gasteiger partial charge >= 0.3 is 0 Å². The average molecular weight is 426 g/mol. The summed E-state index contributed by atoms with van der Waals surface area (Å²) in [7, 11) is -3.11. The highest BCUT2D eigenvalue weighted by atomic mass is 32.2. The van der Waals surface area contributed by atoms with Crippen molar-refractivity contribution in [1.82, 2.24) is 9.21 Å². The highest BCUT2D eigenvalue weighted by Crippen LogP contribution is 2.32. The zero-order valence-electron chi connectivity index (χ0n) is 17.3. The third-order valence-corrected chi connectivity index (χ3v) is 7.28. The van der Waals surface area contributed by atoms with Crippen LogP contribution in [0.1, 0.15) is 29.5 Å². The van der Waals surface area contributed by atoms with E-state index in [1.165, 1.54) is 21.7 Å². The summed E-state index contributed by atoms with van der Waals surface area (Å²) < 4.78 is 30.8.